The first-order valence-corrected chi connectivity index (χ1v) is 7.76. The Morgan fingerprint density at radius 1 is 1.08 bits per heavy atom. The van der Waals surface area contributed by atoms with Crippen LogP contribution in [0.15, 0.2) is 4.99 Å². The molecule has 1 rings (SSSR count). The lowest BCUT2D eigenvalue weighted by Gasteiger charge is -2.21. The number of nitrogens with zero attached hydrogens (tertiary/aromatic N) is 4. The fourth-order valence-corrected chi connectivity index (χ4v) is 1.91. The van der Waals surface area contributed by atoms with Gasteiger partial charge in [-0.25, -0.2) is 19.1 Å². The van der Waals surface area contributed by atoms with Crippen molar-refractivity contribution >= 4 is 12.2 Å². The second kappa shape index (κ2) is 7.05. The van der Waals surface area contributed by atoms with E-state index in [4.69, 9.17) is 9.47 Å². The van der Waals surface area contributed by atoms with E-state index in [0.717, 1.165) is 4.57 Å². The van der Waals surface area contributed by atoms with Crippen molar-refractivity contribution in [3.63, 3.8) is 0 Å². The van der Waals surface area contributed by atoms with Crippen molar-refractivity contribution in [2.24, 2.45) is 4.99 Å². The summed E-state index contributed by atoms with van der Waals surface area (Å²) in [5, 5.41) is 9.29. The largest absolute Gasteiger partial charge is 0.443 e. The number of aromatic nitrogens is 2. The number of carbonyl (C=O) groups excluding carboxylic acids is 2. The molecule has 8 nitrogen and oxygen atoms in total. The Morgan fingerprint density at radius 3 is 2.04 bits per heavy atom. The molecule has 0 N–H and O–H groups in total. The average Bonchev–Trinajstić information content (AvgIpc) is 2.33. The van der Waals surface area contributed by atoms with Crippen LogP contribution in [0.4, 0.5) is 9.59 Å². The Hall–Kier alpha value is -2.69. The third-order valence-corrected chi connectivity index (χ3v) is 2.80. The number of amides is 1. The summed E-state index contributed by atoms with van der Waals surface area (Å²) in [5.41, 5.74) is -0.856. The Morgan fingerprint density at radius 2 is 1.60 bits per heavy atom. The number of ether oxygens (including phenoxy) is 2. The maximum Gasteiger partial charge on any atom is 0.437 e. The van der Waals surface area contributed by atoms with Crippen LogP contribution < -0.4 is 5.62 Å². The van der Waals surface area contributed by atoms with Crippen LogP contribution >= 0.6 is 0 Å². The number of rotatable bonds is 0. The third kappa shape index (κ3) is 5.71. The Bertz CT molecular complexity index is 802. The summed E-state index contributed by atoms with van der Waals surface area (Å²) < 4.78 is 11.5. The fraction of sp³-hybridized carbons (Fsp3) is 0.588. The summed E-state index contributed by atoms with van der Waals surface area (Å²) in [6.45, 7) is 13.4. The number of hydrogen-bond acceptors (Lipinski definition) is 6. The first-order valence-electron chi connectivity index (χ1n) is 7.76. The molecular formula is C17H24N4O4. The van der Waals surface area contributed by atoms with Crippen molar-refractivity contribution < 1.29 is 19.1 Å². The van der Waals surface area contributed by atoms with Crippen LogP contribution in [0.5, 0.6) is 0 Å². The van der Waals surface area contributed by atoms with Crippen LogP contribution in [-0.2, 0) is 9.47 Å². The summed E-state index contributed by atoms with van der Waals surface area (Å²) >= 11 is 0. The van der Waals surface area contributed by atoms with Crippen molar-refractivity contribution in [1.29, 1.82) is 5.26 Å². The maximum absolute atomic E-state index is 12.5. The quantitative estimate of drug-likeness (QED) is 0.713. The fourth-order valence-electron chi connectivity index (χ4n) is 1.91. The molecule has 0 spiro atoms. The zero-order valence-corrected chi connectivity index (χ0v) is 15.9. The molecule has 0 aromatic carbocycles. The lowest BCUT2D eigenvalue weighted by molar-refractivity contribution is 0.0519. The van der Waals surface area contributed by atoms with Gasteiger partial charge in [-0.2, -0.15) is 5.26 Å². The highest BCUT2D eigenvalue weighted by Gasteiger charge is 2.23. The van der Waals surface area contributed by atoms with E-state index in [1.165, 1.54) is 0 Å². The van der Waals surface area contributed by atoms with Gasteiger partial charge in [0.05, 0.1) is 11.3 Å². The molecule has 0 bridgehead atoms. The predicted octanol–water partition coefficient (Wildman–Crippen LogP) is 2.99. The average molecular weight is 348 g/mol. The molecule has 1 aromatic rings. The van der Waals surface area contributed by atoms with Gasteiger partial charge in [0, 0.05) is 5.69 Å². The van der Waals surface area contributed by atoms with Crippen molar-refractivity contribution in [2.45, 2.75) is 66.6 Å². The molecule has 0 fully saturated rings. The van der Waals surface area contributed by atoms with Gasteiger partial charge in [-0.15, -0.1) is 4.99 Å². The van der Waals surface area contributed by atoms with Gasteiger partial charge in [-0.1, -0.05) is 0 Å². The number of nitriles is 1. The van der Waals surface area contributed by atoms with Gasteiger partial charge < -0.3 is 9.47 Å². The molecule has 25 heavy (non-hydrogen) atoms. The standard InChI is InChI=1S/C17H24N4O4/c1-10-12(9-18)11(2)21(15(23)25-17(6,7)8)13(19-10)20-14(22)24-16(3,4)5/h1-8H3. The first-order chi connectivity index (χ1) is 11.2. The van der Waals surface area contributed by atoms with Gasteiger partial charge in [-0.3, -0.25) is 0 Å². The predicted molar refractivity (Wildman–Crippen MR) is 89.8 cm³/mol. The summed E-state index contributed by atoms with van der Waals surface area (Å²) in [6, 6.07) is 1.99. The number of aryl methyl sites for hydroxylation is 1. The minimum Gasteiger partial charge on any atom is -0.443 e. The van der Waals surface area contributed by atoms with Crippen LogP contribution in [0, 0.1) is 25.2 Å². The molecule has 0 unspecified atom stereocenters. The molecule has 1 amide bonds. The van der Waals surface area contributed by atoms with E-state index < -0.39 is 23.4 Å². The van der Waals surface area contributed by atoms with Crippen LogP contribution in [0.25, 0.3) is 0 Å². The highest BCUT2D eigenvalue weighted by Crippen LogP contribution is 2.13. The Kier molecular flexibility index (Phi) is 5.74. The van der Waals surface area contributed by atoms with Crippen molar-refractivity contribution in [3.8, 4) is 6.07 Å². The summed E-state index contributed by atoms with van der Waals surface area (Å²) in [7, 11) is 0. The molecule has 1 heterocycles. The monoisotopic (exact) mass is 348 g/mol. The molecular weight excluding hydrogens is 324 g/mol. The van der Waals surface area contributed by atoms with Crippen LogP contribution in [0.3, 0.4) is 0 Å². The molecule has 0 saturated heterocycles. The van der Waals surface area contributed by atoms with E-state index in [-0.39, 0.29) is 16.9 Å². The SMILES string of the molecule is Cc1nc(=NC(=O)OC(C)(C)C)n(C(=O)OC(C)(C)C)c(C)c1C#N. The molecule has 0 radical (unpaired) electrons. The van der Waals surface area contributed by atoms with Crippen molar-refractivity contribution in [2.75, 3.05) is 0 Å². The van der Waals surface area contributed by atoms with E-state index in [1.807, 2.05) is 6.07 Å². The lowest BCUT2D eigenvalue weighted by atomic mass is 10.2. The third-order valence-electron chi connectivity index (χ3n) is 2.80. The first kappa shape index (κ1) is 20.4. The van der Waals surface area contributed by atoms with Gasteiger partial charge in [-0.05, 0) is 55.4 Å². The van der Waals surface area contributed by atoms with E-state index in [9.17, 15) is 14.9 Å². The highest BCUT2D eigenvalue weighted by molar-refractivity contribution is 5.73. The topological polar surface area (TPSA) is 107 Å². The van der Waals surface area contributed by atoms with Gasteiger partial charge in [0.15, 0.2) is 0 Å². The highest BCUT2D eigenvalue weighted by atomic mass is 16.6. The molecule has 0 atom stereocenters. The minimum atomic E-state index is -0.888. The molecule has 0 aliphatic rings. The second-order valence-electron chi connectivity index (χ2n) is 7.48. The van der Waals surface area contributed by atoms with E-state index >= 15 is 0 Å². The van der Waals surface area contributed by atoms with E-state index in [1.54, 1.807) is 55.4 Å². The smallest absolute Gasteiger partial charge is 0.437 e. The van der Waals surface area contributed by atoms with E-state index in [2.05, 4.69) is 9.98 Å². The molecule has 136 valence electrons. The van der Waals surface area contributed by atoms with Crippen LogP contribution in [0.2, 0.25) is 0 Å². The van der Waals surface area contributed by atoms with E-state index in [0.29, 0.717) is 5.69 Å². The van der Waals surface area contributed by atoms with Crippen molar-refractivity contribution in [1.82, 2.24) is 9.55 Å². The lowest BCUT2D eigenvalue weighted by Crippen LogP contribution is -2.38. The van der Waals surface area contributed by atoms with Crippen LogP contribution in [-0.4, -0.2) is 32.9 Å². The summed E-state index contributed by atoms with van der Waals surface area (Å²) in [6.07, 6.45) is -1.67. The zero-order chi connectivity index (χ0) is 19.6. The van der Waals surface area contributed by atoms with Gasteiger partial charge in [0.25, 0.3) is 0 Å². The summed E-state index contributed by atoms with van der Waals surface area (Å²) in [4.78, 5) is 32.4. The minimum absolute atomic E-state index is 0.197. The summed E-state index contributed by atoms with van der Waals surface area (Å²) in [5.74, 6) is 0. The van der Waals surface area contributed by atoms with Gasteiger partial charge in [0.2, 0.25) is 5.62 Å². The molecule has 0 saturated carbocycles. The molecule has 1 aromatic heterocycles. The zero-order valence-electron chi connectivity index (χ0n) is 15.9. The second-order valence-corrected chi connectivity index (χ2v) is 7.48. The normalized spacial score (nSPS) is 12.5. The Labute approximate surface area is 147 Å². The van der Waals surface area contributed by atoms with Crippen molar-refractivity contribution in [3.05, 3.63) is 22.6 Å². The molecule has 8 heteroatoms. The molecule has 0 aliphatic heterocycles. The van der Waals surface area contributed by atoms with Crippen LogP contribution in [0.1, 0.15) is 58.5 Å². The molecule has 0 aliphatic carbocycles. The number of hydrogen-bond donors (Lipinski definition) is 0. The van der Waals surface area contributed by atoms with Gasteiger partial charge in [0.1, 0.15) is 17.3 Å². The Balaban J connectivity index is 3.59. The van der Waals surface area contributed by atoms with Gasteiger partial charge >= 0.3 is 12.2 Å². The maximum atomic E-state index is 12.5. The number of carbonyl (C=O) groups is 2.